The predicted molar refractivity (Wildman–Crippen MR) is 122 cm³/mol. The highest BCUT2D eigenvalue weighted by Crippen LogP contribution is 2.41. The number of hydrogen-bond donors (Lipinski definition) is 3. The van der Waals surface area contributed by atoms with E-state index in [0.29, 0.717) is 43.5 Å². The van der Waals surface area contributed by atoms with Gasteiger partial charge < -0.3 is 20.5 Å². The van der Waals surface area contributed by atoms with Gasteiger partial charge in [-0.05, 0) is 37.6 Å². The molecule has 1 aliphatic rings. The SMILES string of the molecule is CCOCCn1nc(C)cc1Nc1nccc(-c2cc(C#N)c3c(c2)C(C)(CO)CN3)n1. The van der Waals surface area contributed by atoms with E-state index in [9.17, 15) is 10.4 Å². The summed E-state index contributed by atoms with van der Waals surface area (Å²) < 4.78 is 7.28. The van der Waals surface area contributed by atoms with E-state index in [2.05, 4.69) is 31.8 Å². The first-order chi connectivity index (χ1) is 15.5. The van der Waals surface area contributed by atoms with Gasteiger partial charge in [-0.15, -0.1) is 0 Å². The zero-order valence-corrected chi connectivity index (χ0v) is 18.5. The second kappa shape index (κ2) is 8.94. The van der Waals surface area contributed by atoms with Crippen LogP contribution in [0.3, 0.4) is 0 Å². The Balaban J connectivity index is 1.65. The average molecular weight is 434 g/mol. The van der Waals surface area contributed by atoms with E-state index in [4.69, 9.17) is 4.74 Å². The standard InChI is InChI=1S/C23H27N7O2/c1-4-32-8-7-30-20(9-15(2)29-30)28-22-25-6-5-19(27-22)16-10-17(12-24)21-18(11-16)23(3,14-31)13-26-21/h5-6,9-11,26,31H,4,7-8,13-14H2,1-3H3,(H,25,27,28). The molecule has 0 amide bonds. The number of rotatable bonds is 8. The molecule has 1 atom stereocenters. The molecule has 0 radical (unpaired) electrons. The summed E-state index contributed by atoms with van der Waals surface area (Å²) in [6.07, 6.45) is 1.68. The van der Waals surface area contributed by atoms with E-state index in [-0.39, 0.29) is 6.61 Å². The predicted octanol–water partition coefficient (Wildman–Crippen LogP) is 2.98. The number of aliphatic hydroxyl groups excluding tert-OH is 1. The van der Waals surface area contributed by atoms with E-state index < -0.39 is 5.41 Å². The molecule has 0 saturated heterocycles. The fourth-order valence-corrected chi connectivity index (χ4v) is 3.87. The van der Waals surface area contributed by atoms with Crippen molar-refractivity contribution in [2.24, 2.45) is 0 Å². The Kier molecular flexibility index (Phi) is 6.08. The van der Waals surface area contributed by atoms with Crippen LogP contribution in [0.1, 0.15) is 30.7 Å². The molecule has 0 spiro atoms. The molecule has 4 rings (SSSR count). The minimum absolute atomic E-state index is 0.0109. The molecule has 3 aromatic rings. The highest BCUT2D eigenvalue weighted by Gasteiger charge is 2.35. The van der Waals surface area contributed by atoms with Gasteiger partial charge in [-0.2, -0.15) is 10.4 Å². The smallest absolute Gasteiger partial charge is 0.228 e. The molecule has 0 bridgehead atoms. The number of ether oxygens (including phenoxy) is 1. The third kappa shape index (κ3) is 4.15. The monoisotopic (exact) mass is 433 g/mol. The van der Waals surface area contributed by atoms with Crippen molar-refractivity contribution in [3.63, 3.8) is 0 Å². The number of hydrogen-bond acceptors (Lipinski definition) is 8. The lowest BCUT2D eigenvalue weighted by Gasteiger charge is -2.21. The highest BCUT2D eigenvalue weighted by atomic mass is 16.5. The first kappa shape index (κ1) is 21.7. The van der Waals surface area contributed by atoms with Crippen LogP contribution in [0.2, 0.25) is 0 Å². The van der Waals surface area contributed by atoms with Crippen molar-refractivity contribution >= 4 is 17.5 Å². The van der Waals surface area contributed by atoms with Gasteiger partial charge in [0.15, 0.2) is 0 Å². The number of nitriles is 1. The maximum Gasteiger partial charge on any atom is 0.228 e. The van der Waals surface area contributed by atoms with Gasteiger partial charge in [-0.1, -0.05) is 6.92 Å². The Morgan fingerprint density at radius 2 is 2.22 bits per heavy atom. The zero-order valence-electron chi connectivity index (χ0n) is 18.5. The van der Waals surface area contributed by atoms with Crippen molar-refractivity contribution in [3.8, 4) is 17.3 Å². The van der Waals surface area contributed by atoms with Crippen molar-refractivity contribution < 1.29 is 9.84 Å². The van der Waals surface area contributed by atoms with Crippen LogP contribution in [0.4, 0.5) is 17.5 Å². The molecular weight excluding hydrogens is 406 g/mol. The van der Waals surface area contributed by atoms with E-state index in [0.717, 1.165) is 28.3 Å². The van der Waals surface area contributed by atoms with Crippen LogP contribution in [0.15, 0.2) is 30.5 Å². The van der Waals surface area contributed by atoms with Gasteiger partial charge in [-0.25, -0.2) is 14.6 Å². The first-order valence-corrected chi connectivity index (χ1v) is 10.6. The molecule has 0 fully saturated rings. The molecule has 3 heterocycles. The van der Waals surface area contributed by atoms with E-state index in [1.165, 1.54) is 0 Å². The van der Waals surface area contributed by atoms with E-state index >= 15 is 0 Å². The Labute approximate surface area is 187 Å². The summed E-state index contributed by atoms with van der Waals surface area (Å²) >= 11 is 0. The van der Waals surface area contributed by atoms with Crippen molar-refractivity contribution in [3.05, 3.63) is 47.3 Å². The lowest BCUT2D eigenvalue weighted by Crippen LogP contribution is -2.28. The van der Waals surface area contributed by atoms with Gasteiger partial charge in [-0.3, -0.25) is 0 Å². The molecule has 32 heavy (non-hydrogen) atoms. The second-order valence-corrected chi connectivity index (χ2v) is 8.11. The molecule has 9 heteroatoms. The summed E-state index contributed by atoms with van der Waals surface area (Å²) in [5.74, 6) is 1.21. The third-order valence-electron chi connectivity index (χ3n) is 5.66. The minimum Gasteiger partial charge on any atom is -0.395 e. The minimum atomic E-state index is -0.449. The summed E-state index contributed by atoms with van der Waals surface area (Å²) in [6.45, 7) is 8.29. The van der Waals surface area contributed by atoms with Gasteiger partial charge in [0.1, 0.15) is 11.9 Å². The van der Waals surface area contributed by atoms with E-state index in [1.807, 2.05) is 49.7 Å². The van der Waals surface area contributed by atoms with Gasteiger partial charge >= 0.3 is 0 Å². The maximum atomic E-state index is 9.93. The molecule has 0 saturated carbocycles. The second-order valence-electron chi connectivity index (χ2n) is 8.11. The lowest BCUT2D eigenvalue weighted by atomic mass is 9.83. The fourth-order valence-electron chi connectivity index (χ4n) is 3.87. The quantitative estimate of drug-likeness (QED) is 0.464. The molecule has 166 valence electrons. The highest BCUT2D eigenvalue weighted by molar-refractivity contribution is 5.76. The Morgan fingerprint density at radius 1 is 1.38 bits per heavy atom. The number of aromatic nitrogens is 4. The van der Waals surface area contributed by atoms with Crippen molar-refractivity contribution in [2.45, 2.75) is 32.7 Å². The Morgan fingerprint density at radius 3 is 2.97 bits per heavy atom. The van der Waals surface area contributed by atoms with Gasteiger partial charge in [0.05, 0.1) is 42.4 Å². The van der Waals surface area contributed by atoms with Crippen LogP contribution in [-0.4, -0.2) is 51.2 Å². The van der Waals surface area contributed by atoms with Crippen molar-refractivity contribution in [2.75, 3.05) is 37.0 Å². The summed E-state index contributed by atoms with van der Waals surface area (Å²) in [5.41, 5.74) is 4.16. The number of nitrogens with one attached hydrogen (secondary N) is 2. The van der Waals surface area contributed by atoms with Crippen LogP contribution >= 0.6 is 0 Å². The number of fused-ring (bicyclic) bond motifs is 1. The van der Waals surface area contributed by atoms with Gasteiger partial charge in [0.2, 0.25) is 5.95 Å². The molecule has 3 N–H and O–H groups in total. The number of aryl methyl sites for hydroxylation is 1. The first-order valence-electron chi connectivity index (χ1n) is 10.6. The molecule has 2 aromatic heterocycles. The summed E-state index contributed by atoms with van der Waals surface area (Å²) in [5, 5.41) is 30.6. The molecule has 1 unspecified atom stereocenters. The number of nitrogens with zero attached hydrogens (tertiary/aromatic N) is 5. The number of anilines is 3. The summed E-state index contributed by atoms with van der Waals surface area (Å²) in [6, 6.07) is 9.82. The number of benzene rings is 1. The maximum absolute atomic E-state index is 9.93. The molecule has 0 aliphatic carbocycles. The normalized spacial score (nSPS) is 17.0. The zero-order chi connectivity index (χ0) is 22.7. The van der Waals surface area contributed by atoms with Crippen LogP contribution < -0.4 is 10.6 Å². The Bertz CT molecular complexity index is 1170. The molecule has 1 aromatic carbocycles. The van der Waals surface area contributed by atoms with Crippen LogP contribution in [0.25, 0.3) is 11.3 Å². The molecular formula is C23H27N7O2. The topological polar surface area (TPSA) is 121 Å². The van der Waals surface area contributed by atoms with Crippen LogP contribution in [0, 0.1) is 18.3 Å². The number of aliphatic hydroxyl groups is 1. The largest absolute Gasteiger partial charge is 0.395 e. The average Bonchev–Trinajstić information content (AvgIpc) is 3.33. The molecule has 1 aliphatic heterocycles. The van der Waals surface area contributed by atoms with Gasteiger partial charge in [0.25, 0.3) is 0 Å². The van der Waals surface area contributed by atoms with Crippen LogP contribution in [0.5, 0.6) is 0 Å². The van der Waals surface area contributed by atoms with Crippen molar-refractivity contribution in [1.82, 2.24) is 19.7 Å². The van der Waals surface area contributed by atoms with Gasteiger partial charge in [0, 0.05) is 36.4 Å². The molecule has 9 nitrogen and oxygen atoms in total. The summed E-state index contributed by atoms with van der Waals surface area (Å²) in [4.78, 5) is 9.03. The Hall–Kier alpha value is -3.48. The van der Waals surface area contributed by atoms with Crippen LogP contribution in [-0.2, 0) is 16.7 Å². The van der Waals surface area contributed by atoms with E-state index in [1.54, 1.807) is 6.20 Å². The van der Waals surface area contributed by atoms with Crippen molar-refractivity contribution in [1.29, 1.82) is 5.26 Å². The fraction of sp³-hybridized carbons (Fsp3) is 0.391. The summed E-state index contributed by atoms with van der Waals surface area (Å²) in [7, 11) is 0. The third-order valence-corrected chi connectivity index (χ3v) is 5.66. The lowest BCUT2D eigenvalue weighted by molar-refractivity contribution is 0.136.